The molecule has 124 valence electrons. The molecule has 5 rings (SSSR count). The van der Waals surface area contributed by atoms with Crippen LogP contribution in [0.3, 0.4) is 0 Å². The fraction of sp³-hybridized carbons (Fsp3) is 0.588. The quantitative estimate of drug-likeness (QED) is 0.678. The van der Waals surface area contributed by atoms with E-state index in [1.54, 1.807) is 0 Å². The predicted octanol–water partition coefficient (Wildman–Crippen LogP) is 3.06. The molecule has 6 heteroatoms. The van der Waals surface area contributed by atoms with E-state index in [0.717, 1.165) is 19.3 Å². The third-order valence-electron chi connectivity index (χ3n) is 5.66. The first-order valence-electron chi connectivity index (χ1n) is 8.14. The monoisotopic (exact) mass is 336 g/mol. The number of hydrogen-bond acceptors (Lipinski definition) is 4. The highest BCUT2D eigenvalue weighted by Crippen LogP contribution is 2.57. The molecule has 0 saturated heterocycles. The zero-order valence-electron chi connectivity index (χ0n) is 12.8. The molecule has 23 heavy (non-hydrogen) atoms. The molecule has 0 aromatic heterocycles. The number of ether oxygens (including phenoxy) is 1. The lowest BCUT2D eigenvalue weighted by atomic mass is 9.54. The summed E-state index contributed by atoms with van der Waals surface area (Å²) in [5.41, 5.74) is -0.184. The highest BCUT2D eigenvalue weighted by molar-refractivity contribution is 7.85. The van der Waals surface area contributed by atoms with Gasteiger partial charge in [-0.2, -0.15) is 8.42 Å². The van der Waals surface area contributed by atoms with Gasteiger partial charge in [-0.1, -0.05) is 6.07 Å². The Kier molecular flexibility index (Phi) is 3.32. The summed E-state index contributed by atoms with van der Waals surface area (Å²) in [6, 6.07) is 5.41. The Morgan fingerprint density at radius 3 is 2.17 bits per heavy atom. The third-order valence-corrected chi connectivity index (χ3v) is 6.51. The fourth-order valence-corrected chi connectivity index (χ4v) is 5.72. The van der Waals surface area contributed by atoms with E-state index < -0.39 is 16.1 Å². The summed E-state index contributed by atoms with van der Waals surface area (Å²) in [4.78, 5) is 12.2. The van der Waals surface area contributed by atoms with Crippen molar-refractivity contribution in [3.8, 4) is 0 Å². The number of hydrogen-bond donors (Lipinski definition) is 1. The molecule has 1 aromatic carbocycles. The number of carbonyl (C=O) groups is 1. The molecular weight excluding hydrogens is 316 g/mol. The molecule has 0 aliphatic heterocycles. The van der Waals surface area contributed by atoms with E-state index in [2.05, 4.69) is 0 Å². The lowest BCUT2D eigenvalue weighted by Gasteiger charge is -2.55. The third kappa shape index (κ3) is 2.78. The van der Waals surface area contributed by atoms with Crippen molar-refractivity contribution in [2.45, 2.75) is 49.0 Å². The van der Waals surface area contributed by atoms with Gasteiger partial charge in [0.15, 0.2) is 0 Å². The van der Waals surface area contributed by atoms with E-state index in [0.29, 0.717) is 17.8 Å². The van der Waals surface area contributed by atoms with Crippen LogP contribution >= 0.6 is 0 Å². The summed E-state index contributed by atoms with van der Waals surface area (Å²) in [5, 5.41) is 0. The summed E-state index contributed by atoms with van der Waals surface area (Å²) in [7, 11) is -4.32. The number of rotatable bonds is 3. The summed E-state index contributed by atoms with van der Waals surface area (Å²) in [6.07, 6.45) is 6.58. The Morgan fingerprint density at radius 1 is 1.09 bits per heavy atom. The second-order valence-electron chi connectivity index (χ2n) is 7.49. The van der Waals surface area contributed by atoms with Crippen molar-refractivity contribution in [2.24, 2.45) is 17.8 Å². The molecule has 5 nitrogen and oxygen atoms in total. The molecule has 0 heterocycles. The second-order valence-corrected chi connectivity index (χ2v) is 8.91. The molecular formula is C17H20O5S. The molecule has 4 fully saturated rings. The topological polar surface area (TPSA) is 80.7 Å². The SMILES string of the molecule is O=C(OC12CC3CC(CC(C3)C1)C2)c1cccc(S(=O)(=O)O)c1. The standard InChI is InChI=1S/C17H20O5S/c18-16(14-2-1-3-15(7-14)23(19,20)21)22-17-8-11-4-12(9-17)6-13(5-11)10-17/h1-3,7,11-13H,4-6,8-10H2,(H,19,20,21). The minimum Gasteiger partial charge on any atom is -0.455 e. The van der Waals surface area contributed by atoms with Gasteiger partial charge >= 0.3 is 5.97 Å². The molecule has 0 unspecified atom stereocenters. The Morgan fingerprint density at radius 2 is 1.65 bits per heavy atom. The first-order chi connectivity index (χ1) is 10.8. The molecule has 4 saturated carbocycles. The normalized spacial score (nSPS) is 35.3. The largest absolute Gasteiger partial charge is 0.455 e. The van der Waals surface area contributed by atoms with Gasteiger partial charge < -0.3 is 4.74 Å². The smallest absolute Gasteiger partial charge is 0.338 e. The van der Waals surface area contributed by atoms with Crippen molar-refractivity contribution in [3.05, 3.63) is 29.8 Å². The van der Waals surface area contributed by atoms with Gasteiger partial charge in [-0.15, -0.1) is 0 Å². The van der Waals surface area contributed by atoms with Gasteiger partial charge in [0.05, 0.1) is 10.5 Å². The zero-order chi connectivity index (χ0) is 16.2. The lowest BCUT2D eigenvalue weighted by molar-refractivity contribution is -0.131. The Hall–Kier alpha value is -1.40. The van der Waals surface area contributed by atoms with E-state index in [4.69, 9.17) is 9.29 Å². The van der Waals surface area contributed by atoms with Crippen molar-refractivity contribution in [1.82, 2.24) is 0 Å². The average Bonchev–Trinajstić information content (AvgIpc) is 2.44. The minimum atomic E-state index is -4.32. The highest BCUT2D eigenvalue weighted by Gasteiger charge is 2.53. The summed E-state index contributed by atoms with van der Waals surface area (Å²) >= 11 is 0. The molecule has 1 aromatic rings. The van der Waals surface area contributed by atoms with Crippen LogP contribution in [0.15, 0.2) is 29.2 Å². The van der Waals surface area contributed by atoms with Crippen molar-refractivity contribution in [1.29, 1.82) is 0 Å². The molecule has 1 N–H and O–H groups in total. The van der Waals surface area contributed by atoms with Crippen molar-refractivity contribution >= 4 is 16.1 Å². The van der Waals surface area contributed by atoms with Crippen LogP contribution < -0.4 is 0 Å². The fourth-order valence-electron chi connectivity index (χ4n) is 5.20. The van der Waals surface area contributed by atoms with Crippen LogP contribution in [0.5, 0.6) is 0 Å². The van der Waals surface area contributed by atoms with Gasteiger partial charge in [-0.3, -0.25) is 4.55 Å². The maximum absolute atomic E-state index is 12.5. The van der Waals surface area contributed by atoms with Crippen LogP contribution in [0.1, 0.15) is 48.9 Å². The average molecular weight is 336 g/mol. The number of benzene rings is 1. The lowest BCUT2D eigenvalue weighted by Crippen LogP contribution is -2.52. The molecule has 0 spiro atoms. The second kappa shape index (κ2) is 5.05. The Bertz CT molecular complexity index is 717. The maximum atomic E-state index is 12.5. The van der Waals surface area contributed by atoms with Crippen LogP contribution in [0.4, 0.5) is 0 Å². The molecule has 4 aliphatic rings. The van der Waals surface area contributed by atoms with Gasteiger partial charge in [-0.05, 0) is 74.5 Å². The van der Waals surface area contributed by atoms with Gasteiger partial charge in [0.2, 0.25) is 0 Å². The zero-order valence-corrected chi connectivity index (χ0v) is 13.6. The molecule has 4 aliphatic carbocycles. The highest BCUT2D eigenvalue weighted by atomic mass is 32.2. The summed E-state index contributed by atoms with van der Waals surface area (Å²) in [6.45, 7) is 0. The van der Waals surface area contributed by atoms with Gasteiger partial charge in [0.1, 0.15) is 5.60 Å². The van der Waals surface area contributed by atoms with Gasteiger partial charge in [0.25, 0.3) is 10.1 Å². The van der Waals surface area contributed by atoms with Crippen LogP contribution in [-0.2, 0) is 14.9 Å². The Labute approximate surface area is 135 Å². The van der Waals surface area contributed by atoms with Crippen molar-refractivity contribution in [3.63, 3.8) is 0 Å². The first kappa shape index (κ1) is 15.1. The van der Waals surface area contributed by atoms with E-state index >= 15 is 0 Å². The summed E-state index contributed by atoms with van der Waals surface area (Å²) < 4.78 is 37.4. The first-order valence-corrected chi connectivity index (χ1v) is 9.58. The summed E-state index contributed by atoms with van der Waals surface area (Å²) in [5.74, 6) is 1.51. The van der Waals surface area contributed by atoms with Crippen LogP contribution in [0.25, 0.3) is 0 Å². The molecule has 0 amide bonds. The van der Waals surface area contributed by atoms with Crippen LogP contribution in [-0.4, -0.2) is 24.5 Å². The molecule has 0 radical (unpaired) electrons. The minimum absolute atomic E-state index is 0.177. The van der Waals surface area contributed by atoms with Crippen LogP contribution in [0.2, 0.25) is 0 Å². The van der Waals surface area contributed by atoms with Gasteiger partial charge in [0, 0.05) is 0 Å². The predicted molar refractivity (Wildman–Crippen MR) is 82.6 cm³/mol. The van der Waals surface area contributed by atoms with E-state index in [9.17, 15) is 13.2 Å². The number of esters is 1. The van der Waals surface area contributed by atoms with Gasteiger partial charge in [-0.25, -0.2) is 4.79 Å². The van der Waals surface area contributed by atoms with E-state index in [1.165, 1.54) is 43.5 Å². The maximum Gasteiger partial charge on any atom is 0.338 e. The van der Waals surface area contributed by atoms with Crippen molar-refractivity contribution in [2.75, 3.05) is 0 Å². The van der Waals surface area contributed by atoms with Crippen LogP contribution in [0, 0.1) is 17.8 Å². The Balaban J connectivity index is 1.57. The van der Waals surface area contributed by atoms with E-state index in [1.807, 2.05) is 0 Å². The van der Waals surface area contributed by atoms with Crippen molar-refractivity contribution < 1.29 is 22.5 Å². The molecule has 0 atom stereocenters. The van der Waals surface area contributed by atoms with E-state index in [-0.39, 0.29) is 16.1 Å². The molecule has 4 bridgehead atoms. The number of carbonyl (C=O) groups excluding carboxylic acids is 1.